The van der Waals surface area contributed by atoms with Crippen molar-refractivity contribution >= 4 is 16.1 Å². The van der Waals surface area contributed by atoms with E-state index in [2.05, 4.69) is 46.9 Å². The molecule has 2 rings (SSSR count). The molecule has 0 spiro atoms. The van der Waals surface area contributed by atoms with Crippen LogP contribution in [0, 0.1) is 0 Å². The summed E-state index contributed by atoms with van der Waals surface area (Å²) >= 11 is 0. The number of amides is 1. The predicted molar refractivity (Wildman–Crippen MR) is 185 cm³/mol. The second kappa shape index (κ2) is 24.6. The lowest BCUT2D eigenvalue weighted by Gasteiger charge is -2.24. The Balaban J connectivity index is 1.89. The molecule has 1 amide bonds. The molecule has 2 aromatic carbocycles. The molecule has 1 atom stereocenters. The normalized spacial score (nSPS) is 12.5. The largest absolute Gasteiger partial charge is 0.467 e. The number of para-hydroxylation sites is 2. The molecule has 0 aliphatic heterocycles. The molecule has 12 heteroatoms. The number of hydrogen-bond acceptors (Lipinski definition) is 10. The van der Waals surface area contributed by atoms with E-state index in [9.17, 15) is 4.79 Å². The van der Waals surface area contributed by atoms with Gasteiger partial charge in [0, 0.05) is 63.3 Å². The highest BCUT2D eigenvalue weighted by atomic mass is 32.3. The van der Waals surface area contributed by atoms with Crippen LogP contribution < -0.4 is 25.4 Å². The lowest BCUT2D eigenvalue weighted by atomic mass is 10.1. The molecule has 0 heterocycles. The zero-order valence-corrected chi connectivity index (χ0v) is 29.3. The number of rotatable bonds is 27. The maximum absolute atomic E-state index is 12.1. The van der Waals surface area contributed by atoms with Crippen LogP contribution >= 0.6 is 10.0 Å². The van der Waals surface area contributed by atoms with Crippen molar-refractivity contribution in [3.63, 3.8) is 0 Å². The number of hydrogen-bond donors (Lipinski definition) is 3. The zero-order chi connectivity index (χ0) is 33.3. The number of benzene rings is 2. The third kappa shape index (κ3) is 19.2. The lowest BCUT2D eigenvalue weighted by Crippen LogP contribution is -2.38. The molecule has 0 aromatic heterocycles. The van der Waals surface area contributed by atoms with Crippen molar-refractivity contribution in [2.24, 2.45) is 0 Å². The molecule has 262 valence electrons. The number of carbonyl (C=O) groups is 1. The highest BCUT2D eigenvalue weighted by molar-refractivity contribution is 8.32. The highest BCUT2D eigenvalue weighted by Crippen LogP contribution is 2.33. The van der Waals surface area contributed by atoms with Gasteiger partial charge in [0.2, 0.25) is 0 Å². The Morgan fingerprint density at radius 2 is 1.35 bits per heavy atom. The Bertz CT molecular complexity index is 1070. The third-order valence-corrected chi connectivity index (χ3v) is 8.26. The molecule has 0 aliphatic rings. The third-order valence-electron chi connectivity index (χ3n) is 6.87. The Morgan fingerprint density at radius 1 is 0.761 bits per heavy atom. The van der Waals surface area contributed by atoms with Crippen LogP contribution in [0.15, 0.2) is 48.5 Å². The van der Waals surface area contributed by atoms with Gasteiger partial charge in [-0.1, -0.05) is 42.8 Å². The Labute approximate surface area is 277 Å². The van der Waals surface area contributed by atoms with Crippen LogP contribution in [0.3, 0.4) is 0 Å². The zero-order valence-electron chi connectivity index (χ0n) is 28.5. The standard InChI is InChI=1S/C34H57N3O8S/c1-39-18-20-41-27-44-32-15-8-6-12-29(32)24-35-26-31(14-10-11-17-36-34(38)43-22-23-46(3,4)5)37-25-30-13-7-9-16-33(30)45-28-42-21-19-40-2/h6-9,12-13,15-16,31,35,37H,10-11,14,17-28H2,1-5H3,(H,36,38)/t31-/m0/s1. The van der Waals surface area contributed by atoms with Gasteiger partial charge in [-0.2, -0.15) is 0 Å². The minimum Gasteiger partial charge on any atom is -0.467 e. The van der Waals surface area contributed by atoms with Crippen LogP contribution in [-0.2, 0) is 36.8 Å². The van der Waals surface area contributed by atoms with Crippen molar-refractivity contribution < 1.29 is 38.0 Å². The first-order valence-corrected chi connectivity index (χ1v) is 18.9. The molecule has 3 N–H and O–H groups in total. The molecule has 0 aliphatic carbocycles. The maximum atomic E-state index is 12.1. The van der Waals surface area contributed by atoms with Gasteiger partial charge in [0.15, 0.2) is 13.6 Å². The number of unbranched alkanes of at least 4 members (excludes halogenated alkanes) is 1. The molecule has 0 bridgehead atoms. The number of alkyl carbamates (subject to hydrolysis) is 1. The van der Waals surface area contributed by atoms with Crippen LogP contribution in [0.1, 0.15) is 30.4 Å². The summed E-state index contributed by atoms with van der Waals surface area (Å²) in [5.41, 5.74) is 2.11. The molecule has 11 nitrogen and oxygen atoms in total. The number of nitrogens with one attached hydrogen (secondary N) is 3. The molecule has 0 saturated heterocycles. The highest BCUT2D eigenvalue weighted by Gasteiger charge is 2.12. The first-order chi connectivity index (χ1) is 22.3. The van der Waals surface area contributed by atoms with Crippen molar-refractivity contribution in [3.05, 3.63) is 59.7 Å². The first kappa shape index (κ1) is 39.6. The van der Waals surface area contributed by atoms with Gasteiger partial charge >= 0.3 is 6.09 Å². The fraction of sp³-hybridized carbons (Fsp3) is 0.618. The fourth-order valence-corrected chi connectivity index (χ4v) is 4.83. The summed E-state index contributed by atoms with van der Waals surface area (Å²) in [5.74, 6) is 2.49. The topological polar surface area (TPSA) is 118 Å². The number of carbonyl (C=O) groups excluding carboxylic acids is 1. The van der Waals surface area contributed by atoms with Crippen LogP contribution in [0.4, 0.5) is 4.79 Å². The van der Waals surface area contributed by atoms with Crippen LogP contribution in [0.25, 0.3) is 0 Å². The van der Waals surface area contributed by atoms with Crippen molar-refractivity contribution in [2.45, 2.75) is 38.4 Å². The summed E-state index contributed by atoms with van der Waals surface area (Å²) in [6, 6.07) is 16.1. The fourth-order valence-electron chi connectivity index (χ4n) is 4.25. The summed E-state index contributed by atoms with van der Waals surface area (Å²) in [7, 11) is 2.60. The summed E-state index contributed by atoms with van der Waals surface area (Å²) in [6.45, 7) is 5.41. The quantitative estimate of drug-likeness (QED) is 0.0928. The van der Waals surface area contributed by atoms with E-state index >= 15 is 0 Å². The van der Waals surface area contributed by atoms with Gasteiger partial charge in [-0.05, 0) is 43.7 Å². The summed E-state index contributed by atoms with van der Waals surface area (Å²) < 4.78 is 38.1. The summed E-state index contributed by atoms with van der Waals surface area (Å²) in [6.07, 6.45) is 9.02. The van der Waals surface area contributed by atoms with E-state index in [-0.39, 0.29) is 25.7 Å². The van der Waals surface area contributed by atoms with Gasteiger partial charge in [-0.3, -0.25) is 0 Å². The molecule has 0 radical (unpaired) electrons. The minimum atomic E-state index is -0.684. The van der Waals surface area contributed by atoms with Crippen molar-refractivity contribution in [2.75, 3.05) is 98.4 Å². The lowest BCUT2D eigenvalue weighted by molar-refractivity contribution is -0.00903. The second-order valence-electron chi connectivity index (χ2n) is 11.6. The molecule has 0 unspecified atom stereocenters. The van der Waals surface area contributed by atoms with Crippen LogP contribution in [-0.4, -0.2) is 111 Å². The Morgan fingerprint density at radius 3 is 1.93 bits per heavy atom. The van der Waals surface area contributed by atoms with Gasteiger partial charge in [0.05, 0.1) is 26.4 Å². The molecule has 0 saturated carbocycles. The van der Waals surface area contributed by atoms with Gasteiger partial charge in [-0.15, -0.1) is 0 Å². The first-order valence-electron chi connectivity index (χ1n) is 15.9. The van der Waals surface area contributed by atoms with E-state index in [1.165, 1.54) is 0 Å². The van der Waals surface area contributed by atoms with Gasteiger partial charge in [0.25, 0.3) is 0 Å². The number of methoxy groups -OCH3 is 2. The molecular formula is C34H57N3O8S. The SMILES string of the molecule is COCCOCOc1ccccc1CNC[C@H](CCCCNC(=O)OCCS(C)(C)C)NCc1ccccc1OCOCCOC. The average Bonchev–Trinajstić information content (AvgIpc) is 3.03. The molecule has 0 fully saturated rings. The molecule has 2 aromatic rings. The van der Waals surface area contributed by atoms with E-state index in [0.29, 0.717) is 52.7 Å². The Kier molecular flexibility index (Phi) is 21.2. The summed E-state index contributed by atoms with van der Waals surface area (Å²) in [4.78, 5) is 12.1. The van der Waals surface area contributed by atoms with Gasteiger partial charge in [0.1, 0.15) is 18.1 Å². The average molecular weight is 668 g/mol. The van der Waals surface area contributed by atoms with Gasteiger partial charge in [-0.25, -0.2) is 14.8 Å². The Hall–Kier alpha value is -2.58. The van der Waals surface area contributed by atoms with E-state index in [1.54, 1.807) is 14.2 Å². The summed E-state index contributed by atoms with van der Waals surface area (Å²) in [5, 5.41) is 10.2. The number of ether oxygens (including phenoxy) is 7. The second-order valence-corrected chi connectivity index (χ2v) is 16.2. The predicted octanol–water partition coefficient (Wildman–Crippen LogP) is 4.52. The van der Waals surface area contributed by atoms with E-state index in [1.807, 2.05) is 36.4 Å². The maximum Gasteiger partial charge on any atom is 0.407 e. The monoisotopic (exact) mass is 667 g/mol. The minimum absolute atomic E-state index is 0.164. The van der Waals surface area contributed by atoms with Crippen LogP contribution in [0.5, 0.6) is 11.5 Å². The van der Waals surface area contributed by atoms with E-state index in [4.69, 9.17) is 33.2 Å². The molecular weight excluding hydrogens is 610 g/mol. The van der Waals surface area contributed by atoms with E-state index < -0.39 is 10.0 Å². The van der Waals surface area contributed by atoms with Crippen LogP contribution in [0.2, 0.25) is 0 Å². The van der Waals surface area contributed by atoms with Gasteiger partial charge < -0.3 is 49.1 Å². The molecule has 46 heavy (non-hydrogen) atoms. The van der Waals surface area contributed by atoms with Crippen molar-refractivity contribution in [1.29, 1.82) is 0 Å². The van der Waals surface area contributed by atoms with Crippen molar-refractivity contribution in [1.82, 2.24) is 16.0 Å². The van der Waals surface area contributed by atoms with Crippen molar-refractivity contribution in [3.8, 4) is 11.5 Å². The van der Waals surface area contributed by atoms with E-state index in [0.717, 1.165) is 54.2 Å². The smallest absolute Gasteiger partial charge is 0.407 e.